The normalized spacial score (nSPS) is 19.7. The van der Waals surface area contributed by atoms with Gasteiger partial charge in [-0.25, -0.2) is 9.59 Å². The van der Waals surface area contributed by atoms with E-state index in [1.54, 1.807) is 6.92 Å². The molecule has 1 unspecified atom stereocenters. The van der Waals surface area contributed by atoms with Crippen LogP contribution < -0.4 is 5.32 Å². The first-order chi connectivity index (χ1) is 10.7. The average molecular weight is 331 g/mol. The molecule has 0 aromatic rings. The van der Waals surface area contributed by atoms with Crippen molar-refractivity contribution in [1.29, 1.82) is 0 Å². The number of hydrogen-bond donors (Lipinski definition) is 2. The van der Waals surface area contributed by atoms with Crippen molar-refractivity contribution < 1.29 is 33.7 Å². The van der Waals surface area contributed by atoms with Crippen molar-refractivity contribution in [2.45, 2.75) is 64.4 Å². The summed E-state index contributed by atoms with van der Waals surface area (Å²) in [6, 6.07) is 0. The van der Waals surface area contributed by atoms with Gasteiger partial charge in [0.15, 0.2) is 0 Å². The summed E-state index contributed by atoms with van der Waals surface area (Å²) in [5.41, 5.74) is -1.43. The second-order valence-corrected chi connectivity index (χ2v) is 6.09. The van der Waals surface area contributed by atoms with Crippen molar-refractivity contribution in [2.24, 2.45) is 5.92 Å². The Bertz CT molecular complexity index is 449. The zero-order chi connectivity index (χ0) is 17.6. The van der Waals surface area contributed by atoms with Crippen LogP contribution in [0.2, 0.25) is 0 Å². The lowest BCUT2D eigenvalue weighted by Crippen LogP contribution is -2.55. The van der Waals surface area contributed by atoms with E-state index in [0.717, 1.165) is 19.3 Å². The first kappa shape index (κ1) is 19.2. The standard InChI is InChI=1S/C15H25NO7/c1-9(21-4)12(22-10(2)17)23-14(20)16-15(3,13(18)19)8-11-6-5-7-11/h9,11-12H,5-8H2,1-4H3,(H,16,20)(H,18,19)/t9?,12-,15+/m1/s1. The fourth-order valence-corrected chi connectivity index (χ4v) is 2.32. The first-order valence-electron chi connectivity index (χ1n) is 7.60. The Morgan fingerprint density at radius 2 is 1.91 bits per heavy atom. The molecular weight excluding hydrogens is 306 g/mol. The monoisotopic (exact) mass is 331 g/mol. The molecule has 0 aromatic carbocycles. The number of rotatable bonds is 8. The number of ether oxygens (including phenoxy) is 3. The van der Waals surface area contributed by atoms with E-state index in [-0.39, 0.29) is 5.92 Å². The van der Waals surface area contributed by atoms with Crippen molar-refractivity contribution in [2.75, 3.05) is 7.11 Å². The first-order valence-corrected chi connectivity index (χ1v) is 7.60. The summed E-state index contributed by atoms with van der Waals surface area (Å²) in [4.78, 5) is 34.6. The van der Waals surface area contributed by atoms with E-state index < -0.39 is 36.0 Å². The number of methoxy groups -OCH3 is 1. The summed E-state index contributed by atoms with van der Waals surface area (Å²) < 4.78 is 14.9. The van der Waals surface area contributed by atoms with Crippen LogP contribution in [0.3, 0.4) is 0 Å². The number of carboxylic acids is 1. The van der Waals surface area contributed by atoms with Gasteiger partial charge in [0, 0.05) is 14.0 Å². The number of hydrogen-bond acceptors (Lipinski definition) is 6. The molecule has 0 heterocycles. The fraction of sp³-hybridized carbons (Fsp3) is 0.800. The second kappa shape index (κ2) is 8.14. The molecule has 1 amide bonds. The summed E-state index contributed by atoms with van der Waals surface area (Å²) in [7, 11) is 1.38. The number of carboxylic acid groups (broad SMARTS) is 1. The predicted octanol–water partition coefficient (Wildman–Crippen LogP) is 1.67. The highest BCUT2D eigenvalue weighted by Crippen LogP contribution is 2.33. The van der Waals surface area contributed by atoms with Gasteiger partial charge in [0.25, 0.3) is 6.29 Å². The molecule has 23 heavy (non-hydrogen) atoms. The second-order valence-electron chi connectivity index (χ2n) is 6.09. The number of aliphatic carboxylic acids is 1. The van der Waals surface area contributed by atoms with Crippen molar-refractivity contribution in [1.82, 2.24) is 5.32 Å². The van der Waals surface area contributed by atoms with Crippen LogP contribution in [0.4, 0.5) is 4.79 Å². The Balaban J connectivity index is 2.68. The van der Waals surface area contributed by atoms with Gasteiger partial charge in [0.1, 0.15) is 11.6 Å². The Morgan fingerprint density at radius 1 is 1.30 bits per heavy atom. The number of amides is 1. The quantitative estimate of drug-likeness (QED) is 0.514. The maximum absolute atomic E-state index is 12.0. The Kier molecular flexibility index (Phi) is 6.80. The molecule has 3 atom stereocenters. The molecule has 1 saturated carbocycles. The maximum atomic E-state index is 12.0. The van der Waals surface area contributed by atoms with E-state index in [1.165, 1.54) is 21.0 Å². The van der Waals surface area contributed by atoms with Gasteiger partial charge in [-0.15, -0.1) is 0 Å². The highest BCUT2D eigenvalue weighted by molar-refractivity contribution is 5.84. The molecule has 2 N–H and O–H groups in total. The van der Waals surface area contributed by atoms with Gasteiger partial charge in [-0.3, -0.25) is 4.79 Å². The number of alkyl carbamates (subject to hydrolysis) is 1. The Morgan fingerprint density at radius 3 is 2.30 bits per heavy atom. The molecule has 0 saturated heterocycles. The highest BCUT2D eigenvalue weighted by atomic mass is 16.7. The van der Waals surface area contributed by atoms with Crippen molar-refractivity contribution in [3.8, 4) is 0 Å². The summed E-state index contributed by atoms with van der Waals surface area (Å²) in [6.07, 6.45) is 0.406. The molecule has 1 rings (SSSR count). The van der Waals surface area contributed by atoms with Gasteiger partial charge < -0.3 is 24.6 Å². The molecule has 8 heteroatoms. The van der Waals surface area contributed by atoms with Crippen molar-refractivity contribution in [3.63, 3.8) is 0 Å². The van der Waals surface area contributed by atoms with Crippen LogP contribution in [0.1, 0.15) is 46.5 Å². The van der Waals surface area contributed by atoms with E-state index in [0.29, 0.717) is 6.42 Å². The summed E-state index contributed by atoms with van der Waals surface area (Å²) in [5, 5.41) is 11.8. The van der Waals surface area contributed by atoms with Gasteiger partial charge in [-0.05, 0) is 26.2 Å². The van der Waals surface area contributed by atoms with E-state index in [4.69, 9.17) is 14.2 Å². The van der Waals surface area contributed by atoms with E-state index >= 15 is 0 Å². The lowest BCUT2D eigenvalue weighted by atomic mass is 9.76. The molecule has 8 nitrogen and oxygen atoms in total. The van der Waals surface area contributed by atoms with Crippen LogP contribution in [0.25, 0.3) is 0 Å². The molecule has 1 aliphatic carbocycles. The van der Waals surface area contributed by atoms with Gasteiger partial charge in [0.2, 0.25) is 0 Å². The maximum Gasteiger partial charge on any atom is 0.411 e. The van der Waals surface area contributed by atoms with Gasteiger partial charge in [0.05, 0.1) is 0 Å². The molecule has 0 aliphatic heterocycles. The zero-order valence-electron chi connectivity index (χ0n) is 14.0. The third-order valence-electron chi connectivity index (χ3n) is 4.03. The Labute approximate surface area is 135 Å². The van der Waals surface area contributed by atoms with E-state index in [9.17, 15) is 19.5 Å². The predicted molar refractivity (Wildman–Crippen MR) is 79.6 cm³/mol. The lowest BCUT2D eigenvalue weighted by molar-refractivity contribution is -0.186. The lowest BCUT2D eigenvalue weighted by Gasteiger charge is -2.34. The van der Waals surface area contributed by atoms with Crippen LogP contribution in [0.15, 0.2) is 0 Å². The summed E-state index contributed by atoms with van der Waals surface area (Å²) >= 11 is 0. The largest absolute Gasteiger partial charge is 0.480 e. The van der Waals surface area contributed by atoms with Crippen molar-refractivity contribution in [3.05, 3.63) is 0 Å². The van der Waals surface area contributed by atoms with Crippen LogP contribution in [0.5, 0.6) is 0 Å². The van der Waals surface area contributed by atoms with Crippen molar-refractivity contribution >= 4 is 18.0 Å². The van der Waals surface area contributed by atoms with Crippen LogP contribution in [-0.4, -0.2) is 48.2 Å². The Hall–Kier alpha value is -1.83. The zero-order valence-corrected chi connectivity index (χ0v) is 14.0. The van der Waals surface area contributed by atoms with Crippen LogP contribution >= 0.6 is 0 Å². The third-order valence-corrected chi connectivity index (χ3v) is 4.03. The molecule has 0 radical (unpaired) electrons. The number of esters is 1. The topological polar surface area (TPSA) is 111 Å². The minimum absolute atomic E-state index is 0.276. The SMILES string of the molecule is COC(C)[C@H](OC(C)=O)OC(=O)N[C@@](C)(CC1CCC1)C(=O)O. The molecule has 1 aliphatic rings. The summed E-state index contributed by atoms with van der Waals surface area (Å²) in [6.45, 7) is 4.18. The van der Waals surface area contributed by atoms with E-state index in [2.05, 4.69) is 5.32 Å². The van der Waals surface area contributed by atoms with Crippen LogP contribution in [0, 0.1) is 5.92 Å². The van der Waals surface area contributed by atoms with E-state index in [1.807, 2.05) is 0 Å². The third kappa shape index (κ3) is 5.70. The molecule has 1 fully saturated rings. The molecule has 0 aromatic heterocycles. The summed E-state index contributed by atoms with van der Waals surface area (Å²) in [5.74, 6) is -1.49. The minimum Gasteiger partial charge on any atom is -0.480 e. The number of carbonyl (C=O) groups excluding carboxylic acids is 2. The smallest absolute Gasteiger partial charge is 0.411 e. The molecular formula is C15H25NO7. The highest BCUT2D eigenvalue weighted by Gasteiger charge is 2.40. The fourth-order valence-electron chi connectivity index (χ4n) is 2.32. The molecule has 132 valence electrons. The van der Waals surface area contributed by atoms with Gasteiger partial charge >= 0.3 is 18.0 Å². The minimum atomic E-state index is -1.43. The molecule has 0 spiro atoms. The number of carbonyl (C=O) groups is 3. The number of nitrogens with one attached hydrogen (secondary N) is 1. The van der Waals surface area contributed by atoms with Gasteiger partial charge in [-0.2, -0.15) is 0 Å². The van der Waals surface area contributed by atoms with Gasteiger partial charge in [-0.1, -0.05) is 19.3 Å². The molecule has 0 bridgehead atoms. The average Bonchev–Trinajstić information content (AvgIpc) is 2.40. The van der Waals surface area contributed by atoms with Crippen LogP contribution in [-0.2, 0) is 23.8 Å².